The second-order valence-corrected chi connectivity index (χ2v) is 5.74. The predicted molar refractivity (Wildman–Crippen MR) is 102 cm³/mol. The molecule has 25 heavy (non-hydrogen) atoms. The summed E-state index contributed by atoms with van der Waals surface area (Å²) < 4.78 is 11.1. The number of aryl methyl sites for hydroxylation is 2. The maximum atomic E-state index is 12.3. The van der Waals surface area contributed by atoms with E-state index in [2.05, 4.69) is 36.5 Å². The molecule has 2 aromatic rings. The minimum atomic E-state index is -0.0332. The van der Waals surface area contributed by atoms with E-state index in [4.69, 9.17) is 9.47 Å². The number of anilines is 1. The van der Waals surface area contributed by atoms with Crippen molar-refractivity contribution in [2.75, 3.05) is 18.5 Å². The van der Waals surface area contributed by atoms with E-state index >= 15 is 0 Å². The number of ether oxygens (including phenoxy) is 2. The summed E-state index contributed by atoms with van der Waals surface area (Å²) in [7, 11) is 0. The molecule has 0 aliphatic rings. The number of benzene rings is 2. The third kappa shape index (κ3) is 5.82. The summed E-state index contributed by atoms with van der Waals surface area (Å²) in [5, 5.41) is 2.94. The van der Waals surface area contributed by atoms with Crippen molar-refractivity contribution in [2.45, 2.75) is 40.0 Å². The average molecular weight is 341 g/mol. The summed E-state index contributed by atoms with van der Waals surface area (Å²) in [4.78, 5) is 12.3. The fourth-order valence-electron chi connectivity index (χ4n) is 2.56. The number of amides is 1. The summed E-state index contributed by atoms with van der Waals surface area (Å²) in [5.41, 5.74) is 3.13. The summed E-state index contributed by atoms with van der Waals surface area (Å²) in [5.74, 6) is 1.34. The van der Waals surface area contributed by atoms with Gasteiger partial charge in [0.05, 0.1) is 18.9 Å². The molecule has 1 amide bonds. The molecular formula is C21H27NO3. The van der Waals surface area contributed by atoms with Gasteiger partial charge in [-0.2, -0.15) is 0 Å². The summed E-state index contributed by atoms with van der Waals surface area (Å²) in [6, 6.07) is 13.9. The molecule has 0 atom stereocenters. The predicted octanol–water partition coefficient (Wildman–Crippen LogP) is 4.62. The van der Waals surface area contributed by atoms with Crippen molar-refractivity contribution in [3.63, 3.8) is 0 Å². The van der Waals surface area contributed by atoms with E-state index in [9.17, 15) is 4.79 Å². The third-order valence-corrected chi connectivity index (χ3v) is 3.91. The first-order valence-electron chi connectivity index (χ1n) is 8.93. The highest BCUT2D eigenvalue weighted by Gasteiger charge is 2.10. The van der Waals surface area contributed by atoms with Crippen molar-refractivity contribution in [1.29, 1.82) is 0 Å². The van der Waals surface area contributed by atoms with E-state index in [1.54, 1.807) is 0 Å². The first-order valence-corrected chi connectivity index (χ1v) is 8.93. The molecule has 0 unspecified atom stereocenters. The largest absolute Gasteiger partial charge is 0.494 e. The zero-order valence-electron chi connectivity index (χ0n) is 15.3. The van der Waals surface area contributed by atoms with Crippen LogP contribution >= 0.6 is 0 Å². The van der Waals surface area contributed by atoms with E-state index in [0.29, 0.717) is 37.5 Å². The Labute approximate surface area is 150 Å². The van der Waals surface area contributed by atoms with Crippen molar-refractivity contribution < 1.29 is 14.3 Å². The van der Waals surface area contributed by atoms with Crippen molar-refractivity contribution >= 4 is 11.6 Å². The van der Waals surface area contributed by atoms with Crippen LogP contribution in [0.3, 0.4) is 0 Å². The second kappa shape index (κ2) is 9.72. The smallest absolute Gasteiger partial charge is 0.224 e. The van der Waals surface area contributed by atoms with Crippen molar-refractivity contribution in [3.8, 4) is 11.5 Å². The highest BCUT2D eigenvalue weighted by atomic mass is 16.5. The van der Waals surface area contributed by atoms with Gasteiger partial charge in [-0.1, -0.05) is 31.2 Å². The Kier molecular flexibility index (Phi) is 7.33. The Balaban J connectivity index is 1.99. The Hall–Kier alpha value is -2.49. The first kappa shape index (κ1) is 18.8. The molecule has 2 rings (SSSR count). The fraction of sp³-hybridized carbons (Fsp3) is 0.381. The highest BCUT2D eigenvalue weighted by Crippen LogP contribution is 2.29. The van der Waals surface area contributed by atoms with Gasteiger partial charge in [-0.3, -0.25) is 4.79 Å². The topological polar surface area (TPSA) is 47.6 Å². The molecule has 0 saturated heterocycles. The van der Waals surface area contributed by atoms with Crippen LogP contribution in [-0.4, -0.2) is 19.1 Å². The van der Waals surface area contributed by atoms with E-state index in [-0.39, 0.29) is 5.91 Å². The molecule has 0 radical (unpaired) electrons. The SMILES string of the molecule is CCOc1ccc(OCC)c(NC(=O)CCc2ccc(CC)cc2)c1. The van der Waals surface area contributed by atoms with Gasteiger partial charge >= 0.3 is 0 Å². The number of rotatable bonds is 9. The Bertz CT molecular complexity index is 680. The molecule has 4 nitrogen and oxygen atoms in total. The standard InChI is InChI=1S/C21H27NO3/c1-4-16-7-9-17(10-8-16)11-14-21(23)22-19-15-18(24-5-2)12-13-20(19)25-6-3/h7-10,12-13,15H,4-6,11,14H2,1-3H3,(H,22,23). The van der Waals surface area contributed by atoms with Crippen LogP contribution in [0.25, 0.3) is 0 Å². The maximum Gasteiger partial charge on any atom is 0.224 e. The molecule has 0 aliphatic carbocycles. The van der Waals surface area contributed by atoms with Crippen LogP contribution in [0.2, 0.25) is 0 Å². The first-order chi connectivity index (χ1) is 12.2. The normalized spacial score (nSPS) is 10.4. The molecule has 0 fully saturated rings. The number of hydrogen-bond acceptors (Lipinski definition) is 3. The Morgan fingerprint density at radius 3 is 2.24 bits per heavy atom. The summed E-state index contributed by atoms with van der Waals surface area (Å²) in [6.07, 6.45) is 2.16. The van der Waals surface area contributed by atoms with Gasteiger partial charge in [0.25, 0.3) is 0 Å². The number of hydrogen-bond donors (Lipinski definition) is 1. The third-order valence-electron chi connectivity index (χ3n) is 3.91. The lowest BCUT2D eigenvalue weighted by Crippen LogP contribution is -2.13. The van der Waals surface area contributed by atoms with E-state index in [1.807, 2.05) is 32.0 Å². The number of nitrogens with one attached hydrogen (secondary N) is 1. The molecule has 1 N–H and O–H groups in total. The van der Waals surface area contributed by atoms with E-state index in [1.165, 1.54) is 11.1 Å². The van der Waals surface area contributed by atoms with E-state index in [0.717, 1.165) is 12.2 Å². The molecule has 0 aromatic heterocycles. The zero-order valence-corrected chi connectivity index (χ0v) is 15.3. The van der Waals surface area contributed by atoms with Gasteiger partial charge in [-0.05, 0) is 49.9 Å². The lowest BCUT2D eigenvalue weighted by molar-refractivity contribution is -0.116. The van der Waals surface area contributed by atoms with Gasteiger partial charge in [0, 0.05) is 12.5 Å². The average Bonchev–Trinajstić information content (AvgIpc) is 2.63. The molecule has 0 spiro atoms. The van der Waals surface area contributed by atoms with Crippen LogP contribution in [0.1, 0.15) is 38.3 Å². The van der Waals surface area contributed by atoms with Gasteiger partial charge in [0.2, 0.25) is 5.91 Å². The minimum Gasteiger partial charge on any atom is -0.494 e. The second-order valence-electron chi connectivity index (χ2n) is 5.74. The lowest BCUT2D eigenvalue weighted by atomic mass is 10.1. The van der Waals surface area contributed by atoms with Crippen LogP contribution in [-0.2, 0) is 17.6 Å². The van der Waals surface area contributed by atoms with Crippen LogP contribution in [0.5, 0.6) is 11.5 Å². The van der Waals surface area contributed by atoms with Gasteiger partial charge in [0.1, 0.15) is 11.5 Å². The Morgan fingerprint density at radius 1 is 0.920 bits per heavy atom. The van der Waals surface area contributed by atoms with Crippen molar-refractivity contribution in [1.82, 2.24) is 0 Å². The molecule has 2 aromatic carbocycles. The fourth-order valence-corrected chi connectivity index (χ4v) is 2.56. The van der Waals surface area contributed by atoms with Gasteiger partial charge in [-0.15, -0.1) is 0 Å². The van der Waals surface area contributed by atoms with Crippen LogP contribution < -0.4 is 14.8 Å². The zero-order chi connectivity index (χ0) is 18.1. The van der Waals surface area contributed by atoms with E-state index < -0.39 is 0 Å². The summed E-state index contributed by atoms with van der Waals surface area (Å²) >= 11 is 0. The van der Waals surface area contributed by atoms with Crippen LogP contribution in [0.4, 0.5) is 5.69 Å². The molecule has 0 heterocycles. The van der Waals surface area contributed by atoms with Crippen LogP contribution in [0.15, 0.2) is 42.5 Å². The molecule has 0 aliphatic heterocycles. The highest BCUT2D eigenvalue weighted by molar-refractivity contribution is 5.92. The summed E-state index contributed by atoms with van der Waals surface area (Å²) in [6.45, 7) is 7.10. The molecule has 4 heteroatoms. The molecule has 0 bridgehead atoms. The van der Waals surface area contributed by atoms with Gasteiger partial charge in [0.15, 0.2) is 0 Å². The lowest BCUT2D eigenvalue weighted by Gasteiger charge is -2.13. The molecular weight excluding hydrogens is 314 g/mol. The number of carbonyl (C=O) groups excluding carboxylic acids is 1. The monoisotopic (exact) mass is 341 g/mol. The molecule has 0 saturated carbocycles. The van der Waals surface area contributed by atoms with Crippen LogP contribution in [0, 0.1) is 0 Å². The minimum absolute atomic E-state index is 0.0332. The van der Waals surface area contributed by atoms with Crippen molar-refractivity contribution in [2.24, 2.45) is 0 Å². The maximum absolute atomic E-state index is 12.3. The number of carbonyl (C=O) groups is 1. The van der Waals surface area contributed by atoms with Crippen molar-refractivity contribution in [3.05, 3.63) is 53.6 Å². The Morgan fingerprint density at radius 2 is 1.60 bits per heavy atom. The van der Waals surface area contributed by atoms with Gasteiger partial charge in [-0.25, -0.2) is 0 Å². The molecule has 134 valence electrons. The van der Waals surface area contributed by atoms with Gasteiger partial charge < -0.3 is 14.8 Å². The quantitative estimate of drug-likeness (QED) is 0.724.